The Morgan fingerprint density at radius 1 is 1.13 bits per heavy atom. The van der Waals surface area contributed by atoms with Gasteiger partial charge in [0.05, 0.1) is 11.6 Å². The number of anilines is 1. The average molecular weight is 426 g/mol. The van der Waals surface area contributed by atoms with Crippen molar-refractivity contribution in [2.24, 2.45) is 0 Å². The predicted octanol–water partition coefficient (Wildman–Crippen LogP) is 1.76. The van der Waals surface area contributed by atoms with Gasteiger partial charge >= 0.3 is 0 Å². The minimum absolute atomic E-state index is 0.00404. The second-order valence-electron chi connectivity index (χ2n) is 7.98. The maximum Gasteiger partial charge on any atom is 0.269 e. The van der Waals surface area contributed by atoms with Crippen LogP contribution in [0.25, 0.3) is 0 Å². The molecule has 0 aliphatic carbocycles. The molecule has 0 bridgehead atoms. The molecule has 1 amide bonds. The first kappa shape index (κ1) is 21.1. The maximum absolute atomic E-state index is 12.7. The number of benzene rings is 2. The second kappa shape index (κ2) is 8.91. The standard InChI is InChI=1S/C22H26N4O5/c27-19(15-31-20-8-6-18(7-9-20)26(29)30)14-24-12-10-22(11-13-24)21(28)23-16-25(22)17-4-2-1-3-5-17/h1-9,19,27H,10-16H2,(H,23,28). The number of likely N-dealkylation sites (tertiary alicyclic amines) is 1. The Labute approximate surface area is 180 Å². The summed E-state index contributed by atoms with van der Waals surface area (Å²) in [5, 5.41) is 24.1. The van der Waals surface area contributed by atoms with Crippen molar-refractivity contribution in [1.82, 2.24) is 10.2 Å². The van der Waals surface area contributed by atoms with Gasteiger partial charge in [0, 0.05) is 37.5 Å². The molecule has 2 N–H and O–H groups in total. The van der Waals surface area contributed by atoms with Crippen LogP contribution in [0.2, 0.25) is 0 Å². The fourth-order valence-electron chi connectivity index (χ4n) is 4.35. The number of rotatable bonds is 7. The molecule has 2 aromatic rings. The van der Waals surface area contributed by atoms with E-state index >= 15 is 0 Å². The number of para-hydroxylation sites is 1. The van der Waals surface area contributed by atoms with Crippen LogP contribution in [0.5, 0.6) is 5.75 Å². The molecule has 0 aromatic heterocycles. The Balaban J connectivity index is 1.29. The van der Waals surface area contributed by atoms with E-state index < -0.39 is 16.6 Å². The lowest BCUT2D eigenvalue weighted by Crippen LogP contribution is -2.57. The number of nitrogens with zero attached hydrogens (tertiary/aromatic N) is 3. The van der Waals surface area contributed by atoms with E-state index in [0.29, 0.717) is 44.9 Å². The summed E-state index contributed by atoms with van der Waals surface area (Å²) in [7, 11) is 0. The van der Waals surface area contributed by atoms with Gasteiger partial charge in [-0.05, 0) is 37.1 Å². The molecule has 1 unspecified atom stereocenters. The number of aliphatic hydroxyl groups excluding tert-OH is 1. The molecule has 2 heterocycles. The summed E-state index contributed by atoms with van der Waals surface area (Å²) in [4.78, 5) is 27.2. The Morgan fingerprint density at radius 2 is 1.81 bits per heavy atom. The summed E-state index contributed by atoms with van der Waals surface area (Å²) in [5.74, 6) is 0.543. The highest BCUT2D eigenvalue weighted by Gasteiger charge is 2.50. The number of hydrogen-bond donors (Lipinski definition) is 2. The van der Waals surface area contributed by atoms with Gasteiger partial charge in [-0.3, -0.25) is 14.9 Å². The summed E-state index contributed by atoms with van der Waals surface area (Å²) in [5.41, 5.74) is 0.486. The van der Waals surface area contributed by atoms with E-state index in [0.717, 1.165) is 5.69 Å². The smallest absolute Gasteiger partial charge is 0.269 e. The largest absolute Gasteiger partial charge is 0.491 e. The van der Waals surface area contributed by atoms with Crippen molar-refractivity contribution in [3.8, 4) is 5.75 Å². The number of nitrogens with one attached hydrogen (secondary N) is 1. The van der Waals surface area contributed by atoms with E-state index in [1.807, 2.05) is 30.3 Å². The van der Waals surface area contributed by atoms with Crippen LogP contribution in [-0.4, -0.2) is 65.4 Å². The fraction of sp³-hybridized carbons (Fsp3) is 0.409. The number of carbonyl (C=O) groups is 1. The van der Waals surface area contributed by atoms with Crippen molar-refractivity contribution in [1.29, 1.82) is 0 Å². The molecule has 0 radical (unpaired) electrons. The summed E-state index contributed by atoms with van der Waals surface area (Å²) in [6, 6.07) is 15.7. The van der Waals surface area contributed by atoms with E-state index in [1.54, 1.807) is 0 Å². The zero-order chi connectivity index (χ0) is 21.8. The number of carbonyl (C=O) groups excluding carboxylic acids is 1. The molecule has 2 fully saturated rings. The summed E-state index contributed by atoms with van der Waals surface area (Å²) >= 11 is 0. The van der Waals surface area contributed by atoms with Crippen LogP contribution in [0.3, 0.4) is 0 Å². The van der Waals surface area contributed by atoms with Gasteiger partial charge in [-0.15, -0.1) is 0 Å². The molecule has 2 saturated heterocycles. The monoisotopic (exact) mass is 426 g/mol. The number of β-amino-alcohol motifs (C(OH)–C–C–N with tert-alkyl or cyclic N) is 1. The molecule has 1 spiro atoms. The third-order valence-electron chi connectivity index (χ3n) is 6.05. The highest BCUT2D eigenvalue weighted by molar-refractivity contribution is 5.93. The predicted molar refractivity (Wildman–Crippen MR) is 115 cm³/mol. The van der Waals surface area contributed by atoms with Crippen molar-refractivity contribution >= 4 is 17.3 Å². The second-order valence-corrected chi connectivity index (χ2v) is 7.98. The molecule has 164 valence electrons. The van der Waals surface area contributed by atoms with E-state index in [9.17, 15) is 20.0 Å². The number of nitro groups is 1. The number of aliphatic hydroxyl groups is 1. The van der Waals surface area contributed by atoms with Crippen LogP contribution in [-0.2, 0) is 4.79 Å². The minimum atomic E-state index is -0.702. The number of piperidine rings is 1. The van der Waals surface area contributed by atoms with Crippen molar-refractivity contribution < 1.29 is 19.6 Å². The van der Waals surface area contributed by atoms with Gasteiger partial charge in [0.15, 0.2) is 0 Å². The first-order chi connectivity index (χ1) is 15.0. The highest BCUT2D eigenvalue weighted by Crippen LogP contribution is 2.36. The van der Waals surface area contributed by atoms with Gasteiger partial charge in [-0.2, -0.15) is 0 Å². The van der Waals surface area contributed by atoms with Crippen molar-refractivity contribution in [2.75, 3.05) is 37.8 Å². The van der Waals surface area contributed by atoms with Crippen molar-refractivity contribution in [3.63, 3.8) is 0 Å². The number of amides is 1. The zero-order valence-electron chi connectivity index (χ0n) is 17.1. The van der Waals surface area contributed by atoms with Crippen LogP contribution >= 0.6 is 0 Å². The molecule has 2 aliphatic rings. The Kier molecular flexibility index (Phi) is 6.06. The molecular weight excluding hydrogens is 400 g/mol. The molecule has 1 atom stereocenters. The molecule has 31 heavy (non-hydrogen) atoms. The van der Waals surface area contributed by atoms with E-state index in [1.165, 1.54) is 24.3 Å². The van der Waals surface area contributed by atoms with Gasteiger partial charge in [0.25, 0.3) is 5.69 Å². The third kappa shape index (κ3) is 4.47. The van der Waals surface area contributed by atoms with Crippen LogP contribution < -0.4 is 15.0 Å². The topological polar surface area (TPSA) is 108 Å². The minimum Gasteiger partial charge on any atom is -0.491 e. The first-order valence-corrected chi connectivity index (χ1v) is 10.4. The Morgan fingerprint density at radius 3 is 2.45 bits per heavy atom. The van der Waals surface area contributed by atoms with Crippen molar-refractivity contribution in [2.45, 2.75) is 24.5 Å². The van der Waals surface area contributed by atoms with Crippen molar-refractivity contribution in [3.05, 3.63) is 64.7 Å². The lowest BCUT2D eigenvalue weighted by atomic mass is 9.85. The van der Waals surface area contributed by atoms with Crippen LogP contribution in [0.1, 0.15) is 12.8 Å². The first-order valence-electron chi connectivity index (χ1n) is 10.4. The molecule has 2 aromatic carbocycles. The quantitative estimate of drug-likeness (QED) is 0.513. The molecule has 9 nitrogen and oxygen atoms in total. The van der Waals surface area contributed by atoms with Crippen LogP contribution in [0.4, 0.5) is 11.4 Å². The number of nitro benzene ring substituents is 1. The Hall–Kier alpha value is -3.17. The van der Waals surface area contributed by atoms with Gasteiger partial charge in [-0.25, -0.2) is 0 Å². The Bertz CT molecular complexity index is 913. The van der Waals surface area contributed by atoms with E-state index in [4.69, 9.17) is 4.74 Å². The highest BCUT2D eigenvalue weighted by atomic mass is 16.6. The number of non-ortho nitro benzene ring substituents is 1. The lowest BCUT2D eigenvalue weighted by Gasteiger charge is -2.43. The summed E-state index contributed by atoms with van der Waals surface area (Å²) in [6.07, 6.45) is 0.666. The number of ether oxygens (including phenoxy) is 1. The molecular formula is C22H26N4O5. The summed E-state index contributed by atoms with van der Waals surface area (Å²) in [6.45, 7) is 2.44. The fourth-order valence-corrected chi connectivity index (χ4v) is 4.35. The molecule has 2 aliphatic heterocycles. The SMILES string of the molecule is O=C1NCN(c2ccccc2)C12CCN(CC(O)COc1ccc([N+](=O)[O-])cc1)CC2. The van der Waals surface area contributed by atoms with Gasteiger partial charge < -0.3 is 25.0 Å². The van der Waals surface area contributed by atoms with E-state index in [-0.39, 0.29) is 18.2 Å². The van der Waals surface area contributed by atoms with Gasteiger partial charge in [0.2, 0.25) is 5.91 Å². The maximum atomic E-state index is 12.7. The summed E-state index contributed by atoms with van der Waals surface area (Å²) < 4.78 is 5.56. The van der Waals surface area contributed by atoms with Gasteiger partial charge in [-0.1, -0.05) is 18.2 Å². The third-order valence-corrected chi connectivity index (χ3v) is 6.05. The van der Waals surface area contributed by atoms with Gasteiger partial charge in [0.1, 0.15) is 24.0 Å². The normalized spacial score (nSPS) is 19.3. The molecule has 9 heteroatoms. The number of hydrogen-bond acceptors (Lipinski definition) is 7. The van der Waals surface area contributed by atoms with Crippen LogP contribution in [0.15, 0.2) is 54.6 Å². The average Bonchev–Trinajstić information content (AvgIpc) is 3.10. The lowest BCUT2D eigenvalue weighted by molar-refractivity contribution is -0.384. The molecule has 4 rings (SSSR count). The van der Waals surface area contributed by atoms with Crippen LogP contribution in [0, 0.1) is 10.1 Å². The molecule has 0 saturated carbocycles. The van der Waals surface area contributed by atoms with E-state index in [2.05, 4.69) is 15.1 Å². The zero-order valence-corrected chi connectivity index (χ0v) is 17.1.